The lowest BCUT2D eigenvalue weighted by Gasteiger charge is -2.10. The number of anilines is 1. The van der Waals surface area contributed by atoms with Crippen LogP contribution in [0.1, 0.15) is 6.92 Å². The molecule has 9 heteroatoms. The average molecular weight is 410 g/mol. The lowest BCUT2D eigenvalue weighted by molar-refractivity contribution is -0.113. The second kappa shape index (κ2) is 8.11. The van der Waals surface area contributed by atoms with Crippen LogP contribution >= 0.6 is 34.7 Å². The van der Waals surface area contributed by atoms with E-state index in [1.807, 2.05) is 18.4 Å². The Bertz CT molecular complexity index is 1020. The number of carbonyl (C=O) groups is 1. The minimum Gasteiger partial charge on any atom is -0.495 e. The summed E-state index contributed by atoms with van der Waals surface area (Å²) in [4.78, 5) is 29.2. The van der Waals surface area contributed by atoms with Crippen LogP contribution in [0.25, 0.3) is 10.2 Å². The fraction of sp³-hybridized carbons (Fsp3) is 0.235. The number of hydrogen-bond acceptors (Lipinski definition) is 6. The first-order valence-electron chi connectivity index (χ1n) is 7.77. The van der Waals surface area contributed by atoms with E-state index < -0.39 is 0 Å². The van der Waals surface area contributed by atoms with Crippen LogP contribution in [-0.4, -0.2) is 28.3 Å². The summed E-state index contributed by atoms with van der Waals surface area (Å²) in [7, 11) is 1.53. The maximum absolute atomic E-state index is 12.5. The van der Waals surface area contributed by atoms with Crippen molar-refractivity contribution in [3.05, 3.63) is 45.0 Å². The predicted molar refractivity (Wildman–Crippen MR) is 107 cm³/mol. The van der Waals surface area contributed by atoms with Gasteiger partial charge < -0.3 is 10.1 Å². The largest absolute Gasteiger partial charge is 0.495 e. The van der Waals surface area contributed by atoms with Gasteiger partial charge in [0.2, 0.25) is 5.91 Å². The Hall–Kier alpha value is -2.03. The molecule has 0 aliphatic carbocycles. The molecule has 0 bridgehead atoms. The van der Waals surface area contributed by atoms with Gasteiger partial charge in [-0.3, -0.25) is 14.2 Å². The van der Waals surface area contributed by atoms with Crippen LogP contribution in [0.15, 0.2) is 39.6 Å². The van der Waals surface area contributed by atoms with E-state index in [0.717, 1.165) is 0 Å². The van der Waals surface area contributed by atoms with Crippen LogP contribution in [0.4, 0.5) is 5.69 Å². The smallest absolute Gasteiger partial charge is 0.272 e. The summed E-state index contributed by atoms with van der Waals surface area (Å²) >= 11 is 8.66. The van der Waals surface area contributed by atoms with Crippen molar-refractivity contribution in [2.45, 2.75) is 18.6 Å². The summed E-state index contributed by atoms with van der Waals surface area (Å²) in [5.74, 6) is 0.462. The van der Waals surface area contributed by atoms with Crippen molar-refractivity contribution in [2.75, 3.05) is 18.2 Å². The predicted octanol–water partition coefficient (Wildman–Crippen LogP) is 3.87. The van der Waals surface area contributed by atoms with Crippen molar-refractivity contribution in [3.63, 3.8) is 0 Å². The molecule has 0 radical (unpaired) electrons. The molecule has 0 unspecified atom stereocenters. The number of hydrogen-bond donors (Lipinski definition) is 1. The number of amides is 1. The van der Waals surface area contributed by atoms with Gasteiger partial charge in [-0.15, -0.1) is 11.3 Å². The zero-order chi connectivity index (χ0) is 18.7. The quantitative estimate of drug-likeness (QED) is 0.494. The summed E-state index contributed by atoms with van der Waals surface area (Å²) in [6.07, 6.45) is 0. The number of ether oxygens (including phenoxy) is 1. The van der Waals surface area contributed by atoms with Crippen LogP contribution < -0.4 is 15.6 Å². The third-order valence-corrected chi connectivity index (χ3v) is 5.78. The molecule has 0 fully saturated rings. The number of rotatable bonds is 6. The molecule has 6 nitrogen and oxygen atoms in total. The number of halogens is 1. The van der Waals surface area contributed by atoms with Crippen molar-refractivity contribution in [1.29, 1.82) is 0 Å². The zero-order valence-electron chi connectivity index (χ0n) is 14.1. The van der Waals surface area contributed by atoms with Gasteiger partial charge in [-0.05, 0) is 36.6 Å². The molecule has 26 heavy (non-hydrogen) atoms. The third kappa shape index (κ3) is 3.87. The van der Waals surface area contributed by atoms with Crippen LogP contribution in [0.3, 0.4) is 0 Å². The van der Waals surface area contributed by atoms with E-state index in [-0.39, 0.29) is 17.2 Å². The Morgan fingerprint density at radius 1 is 1.42 bits per heavy atom. The number of nitrogens with zero attached hydrogens (tertiary/aromatic N) is 2. The number of carbonyl (C=O) groups excluding carboxylic acids is 1. The summed E-state index contributed by atoms with van der Waals surface area (Å²) in [6.45, 7) is 2.38. The molecular formula is C17H16ClN3O3S2. The normalized spacial score (nSPS) is 10.9. The number of nitrogens with one attached hydrogen (secondary N) is 1. The lowest BCUT2D eigenvalue weighted by atomic mass is 10.3. The van der Waals surface area contributed by atoms with Crippen LogP contribution in [0.5, 0.6) is 5.75 Å². The van der Waals surface area contributed by atoms with Gasteiger partial charge in [-0.2, -0.15) is 0 Å². The van der Waals surface area contributed by atoms with Gasteiger partial charge in [0, 0.05) is 12.2 Å². The monoisotopic (exact) mass is 409 g/mol. The Morgan fingerprint density at radius 2 is 2.23 bits per heavy atom. The van der Waals surface area contributed by atoms with Gasteiger partial charge in [0.25, 0.3) is 5.56 Å². The third-order valence-electron chi connectivity index (χ3n) is 3.61. The van der Waals surface area contributed by atoms with Gasteiger partial charge in [-0.1, -0.05) is 23.4 Å². The first-order valence-corrected chi connectivity index (χ1v) is 10.0. The van der Waals surface area contributed by atoms with E-state index >= 15 is 0 Å². The molecule has 0 saturated carbocycles. The van der Waals surface area contributed by atoms with Gasteiger partial charge in [0.15, 0.2) is 5.16 Å². The van der Waals surface area contributed by atoms with E-state index in [0.29, 0.717) is 38.4 Å². The van der Waals surface area contributed by atoms with Crippen molar-refractivity contribution in [1.82, 2.24) is 9.55 Å². The SMILES string of the molecule is CCn1c(SCC(=O)Nc2ccc(OC)c(Cl)c2)nc2ccsc2c1=O. The molecule has 0 saturated heterocycles. The van der Waals surface area contributed by atoms with E-state index in [1.165, 1.54) is 30.2 Å². The van der Waals surface area contributed by atoms with E-state index in [9.17, 15) is 9.59 Å². The summed E-state index contributed by atoms with van der Waals surface area (Å²) < 4.78 is 7.30. The average Bonchev–Trinajstić information content (AvgIpc) is 3.09. The molecule has 1 aromatic carbocycles. The van der Waals surface area contributed by atoms with Crippen LogP contribution in [0, 0.1) is 0 Å². The Labute approximate surface area is 163 Å². The topological polar surface area (TPSA) is 73.2 Å². The molecule has 0 spiro atoms. The molecular weight excluding hydrogens is 394 g/mol. The molecule has 1 N–H and O–H groups in total. The van der Waals surface area contributed by atoms with Gasteiger partial charge >= 0.3 is 0 Å². The molecule has 3 rings (SSSR count). The number of methoxy groups -OCH3 is 1. The van der Waals surface area contributed by atoms with Crippen molar-refractivity contribution >= 4 is 56.5 Å². The minimum atomic E-state index is -0.210. The number of benzene rings is 1. The van der Waals surface area contributed by atoms with Crippen molar-refractivity contribution < 1.29 is 9.53 Å². The molecule has 1 amide bonds. The summed E-state index contributed by atoms with van der Waals surface area (Å²) in [5.41, 5.74) is 1.17. The molecule has 2 aromatic heterocycles. The van der Waals surface area contributed by atoms with Crippen molar-refractivity contribution in [2.24, 2.45) is 0 Å². The second-order valence-corrected chi connectivity index (χ2v) is 7.53. The first-order chi connectivity index (χ1) is 12.5. The fourth-order valence-electron chi connectivity index (χ4n) is 2.38. The standard InChI is InChI=1S/C17H16ClN3O3S2/c1-3-21-16(23)15-12(6-7-25-15)20-17(21)26-9-14(22)19-10-4-5-13(24-2)11(18)8-10/h4-8H,3,9H2,1-2H3,(H,19,22). The highest BCUT2D eigenvalue weighted by atomic mass is 35.5. The number of fused-ring (bicyclic) bond motifs is 1. The van der Waals surface area contributed by atoms with E-state index in [1.54, 1.807) is 22.8 Å². The Morgan fingerprint density at radius 3 is 2.92 bits per heavy atom. The Kier molecular flexibility index (Phi) is 5.85. The van der Waals surface area contributed by atoms with Crippen LogP contribution in [-0.2, 0) is 11.3 Å². The second-order valence-electron chi connectivity index (χ2n) is 5.26. The molecule has 136 valence electrons. The summed E-state index contributed by atoms with van der Waals surface area (Å²) in [5, 5.41) is 5.57. The molecule has 0 aliphatic rings. The highest BCUT2D eigenvalue weighted by Crippen LogP contribution is 2.27. The first kappa shape index (κ1) is 18.8. The Balaban J connectivity index is 1.72. The lowest BCUT2D eigenvalue weighted by Crippen LogP contribution is -2.22. The molecule has 2 heterocycles. The van der Waals surface area contributed by atoms with Crippen LogP contribution in [0.2, 0.25) is 5.02 Å². The van der Waals surface area contributed by atoms with E-state index in [4.69, 9.17) is 16.3 Å². The van der Waals surface area contributed by atoms with Gasteiger partial charge in [0.05, 0.1) is 23.4 Å². The maximum Gasteiger partial charge on any atom is 0.272 e. The van der Waals surface area contributed by atoms with Crippen molar-refractivity contribution in [3.8, 4) is 5.75 Å². The van der Waals surface area contributed by atoms with E-state index in [2.05, 4.69) is 10.3 Å². The summed E-state index contributed by atoms with van der Waals surface area (Å²) in [6, 6.07) is 6.84. The molecule has 0 aliphatic heterocycles. The van der Waals surface area contributed by atoms with Gasteiger partial charge in [0.1, 0.15) is 10.4 Å². The number of aromatic nitrogens is 2. The number of thiophene rings is 1. The van der Waals surface area contributed by atoms with Gasteiger partial charge in [-0.25, -0.2) is 4.98 Å². The zero-order valence-corrected chi connectivity index (χ0v) is 16.5. The number of thioether (sulfide) groups is 1. The molecule has 0 atom stereocenters. The highest BCUT2D eigenvalue weighted by Gasteiger charge is 2.13. The minimum absolute atomic E-state index is 0.0719. The fourth-order valence-corrected chi connectivity index (χ4v) is 4.28. The molecule has 3 aromatic rings. The highest BCUT2D eigenvalue weighted by molar-refractivity contribution is 7.99. The maximum atomic E-state index is 12.5.